The van der Waals surface area contributed by atoms with Gasteiger partial charge >= 0.3 is 0 Å². The highest BCUT2D eigenvalue weighted by Crippen LogP contribution is 2.40. The lowest BCUT2D eigenvalue weighted by molar-refractivity contribution is -0.120. The van der Waals surface area contributed by atoms with Crippen molar-refractivity contribution in [1.29, 1.82) is 0 Å². The highest BCUT2D eigenvalue weighted by molar-refractivity contribution is 5.73. The molecule has 2 atom stereocenters. The van der Waals surface area contributed by atoms with Gasteiger partial charge in [-0.3, -0.25) is 4.79 Å². The van der Waals surface area contributed by atoms with Gasteiger partial charge in [0.05, 0.1) is 0 Å². The Balaban J connectivity index is 1.77. The molecule has 2 fully saturated rings. The van der Waals surface area contributed by atoms with Crippen LogP contribution in [0.3, 0.4) is 0 Å². The van der Waals surface area contributed by atoms with Crippen molar-refractivity contribution < 1.29 is 4.79 Å². The summed E-state index contributed by atoms with van der Waals surface area (Å²) in [7, 11) is 2.24. The van der Waals surface area contributed by atoms with Gasteiger partial charge in [-0.15, -0.1) is 0 Å². The molecule has 2 saturated carbocycles. The lowest BCUT2D eigenvalue weighted by Crippen LogP contribution is -2.39. The molecule has 2 aliphatic carbocycles. The van der Waals surface area contributed by atoms with E-state index in [0.29, 0.717) is 12.0 Å². The predicted molar refractivity (Wildman–Crippen MR) is 69.8 cm³/mol. The molecule has 0 spiro atoms. The highest BCUT2D eigenvalue weighted by atomic mass is 16.1. The number of rotatable bonds is 7. The maximum atomic E-state index is 11.1. The summed E-state index contributed by atoms with van der Waals surface area (Å²) in [6, 6.07) is 1.19. The molecule has 0 aromatic carbocycles. The third-order valence-corrected chi connectivity index (χ3v) is 4.29. The van der Waals surface area contributed by atoms with Crippen LogP contribution in [0.5, 0.6) is 0 Å². The average molecular weight is 238 g/mol. The molecule has 0 heterocycles. The first-order valence-corrected chi connectivity index (χ1v) is 7.05. The van der Waals surface area contributed by atoms with E-state index in [4.69, 9.17) is 0 Å². The van der Waals surface area contributed by atoms with E-state index < -0.39 is 0 Å². The summed E-state index contributed by atoms with van der Waals surface area (Å²) in [6.07, 6.45) is 6.72. The Bertz CT molecular complexity index is 271. The van der Waals surface area contributed by atoms with Gasteiger partial charge in [-0.25, -0.2) is 0 Å². The van der Waals surface area contributed by atoms with Crippen LogP contribution in [0, 0.1) is 11.8 Å². The molecule has 17 heavy (non-hydrogen) atoms. The van der Waals surface area contributed by atoms with Gasteiger partial charge in [-0.1, -0.05) is 0 Å². The number of hydrogen-bond acceptors (Lipinski definition) is 2. The van der Waals surface area contributed by atoms with E-state index in [1.165, 1.54) is 38.6 Å². The van der Waals surface area contributed by atoms with Crippen LogP contribution in [0.1, 0.15) is 46.0 Å². The van der Waals surface area contributed by atoms with E-state index in [0.717, 1.165) is 12.0 Å². The summed E-state index contributed by atoms with van der Waals surface area (Å²) in [5.74, 6) is 1.66. The Morgan fingerprint density at radius 1 is 1.35 bits per heavy atom. The lowest BCUT2D eigenvalue weighted by Gasteiger charge is -2.27. The van der Waals surface area contributed by atoms with Crippen LogP contribution in [-0.2, 0) is 4.79 Å². The van der Waals surface area contributed by atoms with Gasteiger partial charge in [0.2, 0.25) is 5.91 Å². The predicted octanol–water partition coefficient (Wildman–Crippen LogP) is 2.02. The van der Waals surface area contributed by atoms with Crippen LogP contribution in [0.25, 0.3) is 0 Å². The second kappa shape index (κ2) is 5.38. The highest BCUT2D eigenvalue weighted by Gasteiger charge is 2.35. The number of hydrogen-bond donors (Lipinski definition) is 1. The molecule has 0 aromatic rings. The molecule has 0 radical (unpaired) electrons. The van der Waals surface area contributed by atoms with Gasteiger partial charge in [0.1, 0.15) is 0 Å². The Labute approximate surface area is 105 Å². The van der Waals surface area contributed by atoms with Gasteiger partial charge in [0.15, 0.2) is 0 Å². The van der Waals surface area contributed by atoms with Crippen molar-refractivity contribution >= 4 is 5.91 Å². The van der Waals surface area contributed by atoms with Gasteiger partial charge in [0, 0.05) is 19.0 Å². The van der Waals surface area contributed by atoms with Gasteiger partial charge in [-0.2, -0.15) is 0 Å². The Morgan fingerprint density at radius 2 is 2.00 bits per heavy atom. The number of amides is 1. The van der Waals surface area contributed by atoms with Crippen LogP contribution in [0.4, 0.5) is 0 Å². The zero-order valence-electron chi connectivity index (χ0n) is 11.4. The molecular weight excluding hydrogens is 212 g/mol. The van der Waals surface area contributed by atoms with Crippen molar-refractivity contribution in [2.24, 2.45) is 11.8 Å². The summed E-state index contributed by atoms with van der Waals surface area (Å²) in [5.41, 5.74) is 0. The maximum absolute atomic E-state index is 11.1. The Morgan fingerprint density at radius 3 is 2.47 bits per heavy atom. The largest absolute Gasteiger partial charge is 0.354 e. The molecule has 2 rings (SSSR count). The van der Waals surface area contributed by atoms with E-state index in [-0.39, 0.29) is 5.91 Å². The fourth-order valence-corrected chi connectivity index (χ4v) is 2.90. The first-order chi connectivity index (χ1) is 8.08. The van der Waals surface area contributed by atoms with Crippen LogP contribution in [0.2, 0.25) is 0 Å². The Kier molecular flexibility index (Phi) is 4.08. The van der Waals surface area contributed by atoms with Crippen molar-refractivity contribution in [1.82, 2.24) is 10.2 Å². The zero-order chi connectivity index (χ0) is 12.4. The quantitative estimate of drug-likeness (QED) is 0.736. The van der Waals surface area contributed by atoms with Gasteiger partial charge in [0.25, 0.3) is 0 Å². The number of nitrogens with zero attached hydrogens (tertiary/aromatic N) is 1. The summed E-state index contributed by atoms with van der Waals surface area (Å²) in [5, 5.41) is 3.08. The minimum atomic E-state index is 0.110. The average Bonchev–Trinajstić information content (AvgIpc) is 3.10. The van der Waals surface area contributed by atoms with Crippen LogP contribution in [-0.4, -0.2) is 36.5 Å². The molecule has 3 nitrogen and oxygen atoms in total. The third-order valence-electron chi connectivity index (χ3n) is 4.29. The summed E-state index contributed by atoms with van der Waals surface area (Å²) >= 11 is 0. The second-order valence-corrected chi connectivity index (χ2v) is 5.99. The molecule has 0 aromatic heterocycles. The summed E-state index contributed by atoms with van der Waals surface area (Å²) in [4.78, 5) is 13.6. The zero-order valence-corrected chi connectivity index (χ0v) is 11.4. The van der Waals surface area contributed by atoms with E-state index in [9.17, 15) is 4.79 Å². The van der Waals surface area contributed by atoms with Crippen molar-refractivity contribution in [3.8, 4) is 0 Å². The normalized spacial score (nSPS) is 23.5. The van der Waals surface area contributed by atoms with Crippen LogP contribution >= 0.6 is 0 Å². The molecule has 1 amide bonds. The molecular formula is C14H26N2O. The molecule has 3 heteroatoms. The topological polar surface area (TPSA) is 32.3 Å². The fraction of sp³-hybridized carbons (Fsp3) is 0.929. The van der Waals surface area contributed by atoms with Crippen molar-refractivity contribution in [2.75, 3.05) is 13.6 Å². The van der Waals surface area contributed by atoms with E-state index in [1.807, 2.05) is 0 Å². The third kappa shape index (κ3) is 3.98. The number of carbonyl (C=O) groups is 1. The SMILES string of the molecule is CC(=O)NC(C)C(CCN(C)C1CC1)C1CC1. The van der Waals surface area contributed by atoms with Crippen molar-refractivity contribution in [3.63, 3.8) is 0 Å². The van der Waals surface area contributed by atoms with Crippen molar-refractivity contribution in [2.45, 2.75) is 58.0 Å². The minimum Gasteiger partial charge on any atom is -0.354 e. The Hall–Kier alpha value is -0.570. The maximum Gasteiger partial charge on any atom is 0.217 e. The summed E-state index contributed by atoms with van der Waals surface area (Å²) < 4.78 is 0. The first kappa shape index (κ1) is 12.9. The molecule has 0 saturated heterocycles. The van der Waals surface area contributed by atoms with E-state index >= 15 is 0 Å². The standard InChI is InChI=1S/C14H26N2O/c1-10(15-11(2)17)14(12-4-5-12)8-9-16(3)13-6-7-13/h10,12-14H,4-9H2,1-3H3,(H,15,17). The summed E-state index contributed by atoms with van der Waals surface area (Å²) in [6.45, 7) is 4.98. The molecule has 1 N–H and O–H groups in total. The van der Waals surface area contributed by atoms with Crippen molar-refractivity contribution in [3.05, 3.63) is 0 Å². The first-order valence-electron chi connectivity index (χ1n) is 7.05. The monoisotopic (exact) mass is 238 g/mol. The number of carbonyl (C=O) groups excluding carboxylic acids is 1. The second-order valence-electron chi connectivity index (χ2n) is 5.99. The van der Waals surface area contributed by atoms with Crippen LogP contribution < -0.4 is 5.32 Å². The molecule has 0 bridgehead atoms. The molecule has 98 valence electrons. The van der Waals surface area contributed by atoms with Gasteiger partial charge < -0.3 is 10.2 Å². The number of nitrogens with one attached hydrogen (secondary N) is 1. The minimum absolute atomic E-state index is 0.110. The van der Waals surface area contributed by atoms with E-state index in [2.05, 4.69) is 24.2 Å². The van der Waals surface area contributed by atoms with Crippen LogP contribution in [0.15, 0.2) is 0 Å². The van der Waals surface area contributed by atoms with Gasteiger partial charge in [-0.05, 0) is 64.5 Å². The smallest absolute Gasteiger partial charge is 0.217 e. The molecule has 0 aliphatic heterocycles. The van der Waals surface area contributed by atoms with E-state index in [1.54, 1.807) is 6.92 Å². The lowest BCUT2D eigenvalue weighted by atomic mass is 9.92. The fourth-order valence-electron chi connectivity index (χ4n) is 2.90. The molecule has 2 aliphatic rings. The molecule has 2 unspecified atom stereocenters.